The summed E-state index contributed by atoms with van der Waals surface area (Å²) in [6.07, 6.45) is 2.66. The highest BCUT2D eigenvalue weighted by Crippen LogP contribution is 2.24. The van der Waals surface area contributed by atoms with Crippen molar-refractivity contribution in [2.24, 2.45) is 5.92 Å². The average Bonchev–Trinajstić information content (AvgIpc) is 2.61. The predicted molar refractivity (Wildman–Crippen MR) is 84.3 cm³/mol. The Morgan fingerprint density at radius 2 is 1.96 bits per heavy atom. The van der Waals surface area contributed by atoms with Gasteiger partial charge in [0.15, 0.2) is 5.78 Å². The molecule has 0 aliphatic rings. The molecule has 0 amide bonds. The minimum Gasteiger partial charge on any atom is -0.497 e. The zero-order valence-electron chi connectivity index (χ0n) is 12.7. The largest absolute Gasteiger partial charge is 0.497 e. The molecule has 118 valence electrons. The smallest absolute Gasteiger partial charge is 0.159 e. The number of Topliss-reactive ketones (excluding diaryl/α,β-unsaturated/α-hetero) is 1. The number of rotatable bonds is 8. The van der Waals surface area contributed by atoms with E-state index in [0.29, 0.717) is 30.4 Å². The lowest BCUT2D eigenvalue weighted by atomic mass is 9.86. The van der Waals surface area contributed by atoms with E-state index in [0.717, 1.165) is 5.56 Å². The fourth-order valence-electron chi connectivity index (χ4n) is 2.37. The summed E-state index contributed by atoms with van der Waals surface area (Å²) in [5.41, 5.74) is 1.40. The van der Waals surface area contributed by atoms with Crippen molar-refractivity contribution < 1.29 is 19.1 Å². The van der Waals surface area contributed by atoms with Crippen LogP contribution in [0.4, 0.5) is 0 Å². The summed E-state index contributed by atoms with van der Waals surface area (Å²) >= 11 is 0. The van der Waals surface area contributed by atoms with Gasteiger partial charge in [-0.05, 0) is 36.2 Å². The van der Waals surface area contributed by atoms with Gasteiger partial charge in [-0.15, -0.1) is 0 Å². The van der Waals surface area contributed by atoms with Crippen LogP contribution in [0, 0.1) is 5.92 Å². The number of methoxy groups -OCH3 is 1. The monoisotopic (exact) mass is 311 g/mol. The molecule has 1 heterocycles. The van der Waals surface area contributed by atoms with E-state index in [4.69, 9.17) is 4.74 Å². The van der Waals surface area contributed by atoms with Crippen molar-refractivity contribution >= 4 is 18.4 Å². The van der Waals surface area contributed by atoms with Crippen molar-refractivity contribution in [1.82, 2.24) is 4.98 Å². The summed E-state index contributed by atoms with van der Waals surface area (Å²) in [6, 6.07) is 12.5. The minimum absolute atomic E-state index is 0.339. The first-order valence-corrected chi connectivity index (χ1v) is 7.17. The van der Waals surface area contributed by atoms with Crippen LogP contribution in [0.1, 0.15) is 17.2 Å². The van der Waals surface area contributed by atoms with Gasteiger partial charge in [0.2, 0.25) is 0 Å². The molecule has 0 aliphatic heterocycles. The molecule has 2 rings (SSSR count). The van der Waals surface area contributed by atoms with Gasteiger partial charge in [-0.25, -0.2) is 0 Å². The van der Waals surface area contributed by atoms with E-state index in [1.165, 1.54) is 0 Å². The maximum atomic E-state index is 12.5. The summed E-state index contributed by atoms with van der Waals surface area (Å²) in [4.78, 5) is 38.7. The molecule has 5 nitrogen and oxygen atoms in total. The van der Waals surface area contributed by atoms with Crippen LogP contribution in [-0.4, -0.2) is 30.4 Å². The molecule has 0 radical (unpaired) electrons. The molecule has 5 heteroatoms. The molecule has 1 atom stereocenters. The average molecular weight is 311 g/mol. The van der Waals surface area contributed by atoms with Crippen LogP contribution in [-0.2, 0) is 20.8 Å². The van der Waals surface area contributed by atoms with Crippen molar-refractivity contribution in [3.8, 4) is 5.75 Å². The quantitative estimate of drug-likeness (QED) is 0.551. The number of hydrogen-bond acceptors (Lipinski definition) is 5. The van der Waals surface area contributed by atoms with E-state index in [2.05, 4.69) is 4.98 Å². The third-order valence-corrected chi connectivity index (χ3v) is 3.58. The van der Waals surface area contributed by atoms with Crippen LogP contribution in [0.25, 0.3) is 0 Å². The SMILES string of the molecule is COc1cccc(CC(C(=O)C(C=O)C=O)c2ccccn2)c1. The molecule has 0 bridgehead atoms. The third kappa shape index (κ3) is 4.10. The molecule has 23 heavy (non-hydrogen) atoms. The summed E-state index contributed by atoms with van der Waals surface area (Å²) < 4.78 is 5.18. The lowest BCUT2D eigenvalue weighted by Gasteiger charge is -2.17. The molecule has 0 saturated heterocycles. The van der Waals surface area contributed by atoms with Gasteiger partial charge in [0.05, 0.1) is 18.7 Å². The highest BCUT2D eigenvalue weighted by Gasteiger charge is 2.29. The number of ether oxygens (including phenoxy) is 1. The fourth-order valence-corrected chi connectivity index (χ4v) is 2.37. The Labute approximate surface area is 134 Å². The Morgan fingerprint density at radius 3 is 2.57 bits per heavy atom. The number of benzene rings is 1. The second-order valence-corrected chi connectivity index (χ2v) is 5.06. The van der Waals surface area contributed by atoms with E-state index >= 15 is 0 Å². The van der Waals surface area contributed by atoms with Gasteiger partial charge in [0.25, 0.3) is 0 Å². The van der Waals surface area contributed by atoms with Crippen LogP contribution in [0.3, 0.4) is 0 Å². The third-order valence-electron chi connectivity index (χ3n) is 3.58. The molecule has 0 N–H and O–H groups in total. The molecule has 0 aliphatic carbocycles. The Bertz CT molecular complexity index is 676. The van der Waals surface area contributed by atoms with Gasteiger partial charge in [0.1, 0.15) is 24.2 Å². The molecular weight excluding hydrogens is 294 g/mol. The Hall–Kier alpha value is -2.82. The summed E-state index contributed by atoms with van der Waals surface area (Å²) in [6.45, 7) is 0. The Kier molecular flexibility index (Phi) is 5.74. The minimum atomic E-state index is -1.27. The first kappa shape index (κ1) is 16.5. The van der Waals surface area contributed by atoms with Crippen LogP contribution in [0.5, 0.6) is 5.75 Å². The van der Waals surface area contributed by atoms with Gasteiger partial charge < -0.3 is 14.3 Å². The number of ketones is 1. The molecule has 1 unspecified atom stereocenters. The number of carbonyl (C=O) groups is 3. The molecule has 1 aromatic carbocycles. The van der Waals surface area contributed by atoms with E-state index in [1.807, 2.05) is 18.2 Å². The van der Waals surface area contributed by atoms with Gasteiger partial charge in [-0.1, -0.05) is 18.2 Å². The van der Waals surface area contributed by atoms with E-state index in [9.17, 15) is 14.4 Å². The lowest BCUT2D eigenvalue weighted by molar-refractivity contribution is -0.132. The Balaban J connectivity index is 2.35. The molecule has 0 fully saturated rings. The molecular formula is C18H17NO4. The highest BCUT2D eigenvalue weighted by atomic mass is 16.5. The van der Waals surface area contributed by atoms with Crippen LogP contribution >= 0.6 is 0 Å². The number of aldehydes is 2. The zero-order valence-corrected chi connectivity index (χ0v) is 12.7. The molecule has 0 spiro atoms. The first-order chi connectivity index (χ1) is 11.2. The summed E-state index contributed by atoms with van der Waals surface area (Å²) in [5, 5.41) is 0. The second-order valence-electron chi connectivity index (χ2n) is 5.06. The van der Waals surface area contributed by atoms with Gasteiger partial charge in [-0.2, -0.15) is 0 Å². The molecule has 1 aromatic heterocycles. The number of hydrogen-bond donors (Lipinski definition) is 0. The van der Waals surface area contributed by atoms with Gasteiger partial charge >= 0.3 is 0 Å². The van der Waals surface area contributed by atoms with Gasteiger partial charge in [-0.3, -0.25) is 9.78 Å². The van der Waals surface area contributed by atoms with Crippen molar-refractivity contribution in [3.05, 3.63) is 59.9 Å². The standard InChI is InChI=1S/C18H17NO4/c1-23-15-6-4-5-13(9-15)10-16(17-7-2-3-8-19-17)18(22)14(11-20)12-21/h2-9,11-12,14,16H,10H2,1H3. The number of carbonyl (C=O) groups excluding carboxylic acids is 3. The lowest BCUT2D eigenvalue weighted by Crippen LogP contribution is -2.26. The predicted octanol–water partition coefficient (Wildman–Crippen LogP) is 2.00. The van der Waals surface area contributed by atoms with Crippen LogP contribution in [0.15, 0.2) is 48.7 Å². The van der Waals surface area contributed by atoms with Crippen LogP contribution < -0.4 is 4.74 Å². The zero-order chi connectivity index (χ0) is 16.7. The Morgan fingerprint density at radius 1 is 1.17 bits per heavy atom. The van der Waals surface area contributed by atoms with Crippen molar-refractivity contribution in [2.45, 2.75) is 12.3 Å². The normalized spacial score (nSPS) is 11.7. The maximum absolute atomic E-state index is 12.5. The van der Waals surface area contributed by atoms with Crippen molar-refractivity contribution in [3.63, 3.8) is 0 Å². The second kappa shape index (κ2) is 7.98. The maximum Gasteiger partial charge on any atom is 0.159 e. The molecule has 2 aromatic rings. The van der Waals surface area contributed by atoms with E-state index in [-0.39, 0.29) is 0 Å². The highest BCUT2D eigenvalue weighted by molar-refractivity contribution is 6.08. The van der Waals surface area contributed by atoms with Crippen molar-refractivity contribution in [2.75, 3.05) is 7.11 Å². The van der Waals surface area contributed by atoms with Crippen molar-refractivity contribution in [1.29, 1.82) is 0 Å². The number of pyridine rings is 1. The van der Waals surface area contributed by atoms with E-state index < -0.39 is 17.6 Å². The summed E-state index contributed by atoms with van der Waals surface area (Å²) in [5.74, 6) is -1.70. The molecule has 0 saturated carbocycles. The van der Waals surface area contributed by atoms with Crippen LogP contribution in [0.2, 0.25) is 0 Å². The van der Waals surface area contributed by atoms with E-state index in [1.54, 1.807) is 37.6 Å². The number of nitrogens with zero attached hydrogens (tertiary/aromatic N) is 1. The first-order valence-electron chi connectivity index (χ1n) is 7.17. The fraction of sp³-hybridized carbons (Fsp3) is 0.222. The van der Waals surface area contributed by atoms with Gasteiger partial charge in [0, 0.05) is 6.20 Å². The number of aromatic nitrogens is 1. The topological polar surface area (TPSA) is 73.3 Å². The summed E-state index contributed by atoms with van der Waals surface area (Å²) in [7, 11) is 1.56.